The van der Waals surface area contributed by atoms with Crippen LogP contribution in [0.2, 0.25) is 0 Å². The lowest BCUT2D eigenvalue weighted by molar-refractivity contribution is 0.0929. The molecule has 29 heavy (non-hydrogen) atoms. The Morgan fingerprint density at radius 2 is 2.14 bits per heavy atom. The number of carbonyl (C=O) groups is 2. The molecule has 10 heteroatoms. The smallest absolute Gasteiger partial charge is 0.270 e. The SMILES string of the molecule is COCc1nn2c(C(=O)NC3Cc4cc(F)cc(F)c4C3)ccnc2c1C(N)=O. The molecule has 0 aliphatic heterocycles. The van der Waals surface area contributed by atoms with Gasteiger partial charge in [0.25, 0.3) is 11.8 Å². The Kier molecular flexibility index (Phi) is 4.71. The number of nitrogens with one attached hydrogen (secondary N) is 1. The van der Waals surface area contributed by atoms with Crippen LogP contribution in [0.15, 0.2) is 24.4 Å². The highest BCUT2D eigenvalue weighted by Crippen LogP contribution is 2.26. The number of carbonyl (C=O) groups excluding carboxylic acids is 2. The Labute approximate surface area is 163 Å². The number of fused-ring (bicyclic) bond motifs is 2. The zero-order valence-electron chi connectivity index (χ0n) is 15.4. The van der Waals surface area contributed by atoms with Gasteiger partial charge in [0.05, 0.1) is 6.61 Å². The highest BCUT2D eigenvalue weighted by Gasteiger charge is 2.28. The number of ether oxygens (including phenoxy) is 1. The molecular formula is C19H17F2N5O3. The summed E-state index contributed by atoms with van der Waals surface area (Å²) >= 11 is 0. The number of hydrogen-bond donors (Lipinski definition) is 2. The van der Waals surface area contributed by atoms with Crippen molar-refractivity contribution < 1.29 is 23.1 Å². The number of benzene rings is 1. The van der Waals surface area contributed by atoms with Crippen LogP contribution in [-0.4, -0.2) is 39.6 Å². The minimum atomic E-state index is -0.735. The molecule has 1 aliphatic rings. The molecule has 1 atom stereocenters. The molecule has 0 saturated carbocycles. The summed E-state index contributed by atoms with van der Waals surface area (Å²) in [6, 6.07) is 3.15. The standard InChI is InChI=1S/C19H17F2N5O3/c1-29-8-14-16(17(22)27)18-23-3-2-15(26(18)25-14)19(28)24-11-5-9-4-10(20)6-13(21)12(9)7-11/h2-4,6,11H,5,7-8H2,1H3,(H2,22,27)(H,24,28). The van der Waals surface area contributed by atoms with Gasteiger partial charge in [-0.3, -0.25) is 9.59 Å². The number of nitrogens with two attached hydrogens (primary N) is 1. The maximum atomic E-state index is 14.0. The van der Waals surface area contributed by atoms with Gasteiger partial charge in [-0.05, 0) is 36.1 Å². The Morgan fingerprint density at radius 3 is 2.86 bits per heavy atom. The average molecular weight is 401 g/mol. The molecule has 8 nitrogen and oxygen atoms in total. The van der Waals surface area contributed by atoms with Gasteiger partial charge in [-0.25, -0.2) is 18.3 Å². The molecule has 1 aliphatic carbocycles. The fraction of sp³-hybridized carbons (Fsp3) is 0.263. The van der Waals surface area contributed by atoms with E-state index in [0.29, 0.717) is 17.5 Å². The van der Waals surface area contributed by atoms with Gasteiger partial charge in [0.2, 0.25) is 0 Å². The van der Waals surface area contributed by atoms with Crippen LogP contribution >= 0.6 is 0 Å². The first-order valence-electron chi connectivity index (χ1n) is 8.82. The second-order valence-corrected chi connectivity index (χ2v) is 6.79. The molecule has 1 unspecified atom stereocenters. The number of rotatable bonds is 5. The van der Waals surface area contributed by atoms with Crippen molar-refractivity contribution in [3.05, 3.63) is 64.1 Å². The number of primary amides is 1. The van der Waals surface area contributed by atoms with E-state index in [4.69, 9.17) is 10.5 Å². The summed E-state index contributed by atoms with van der Waals surface area (Å²) in [6.45, 7) is 0.0193. The maximum Gasteiger partial charge on any atom is 0.270 e. The molecule has 0 fully saturated rings. The van der Waals surface area contributed by atoms with Crippen LogP contribution in [0.4, 0.5) is 8.78 Å². The summed E-state index contributed by atoms with van der Waals surface area (Å²) in [5.41, 5.74) is 6.97. The van der Waals surface area contributed by atoms with E-state index in [-0.39, 0.29) is 35.6 Å². The second-order valence-electron chi connectivity index (χ2n) is 6.79. The predicted molar refractivity (Wildman–Crippen MR) is 97.2 cm³/mol. The average Bonchev–Trinajstić information content (AvgIpc) is 3.22. The minimum Gasteiger partial charge on any atom is -0.378 e. The number of hydrogen-bond acceptors (Lipinski definition) is 5. The molecular weight excluding hydrogens is 384 g/mol. The molecule has 1 aromatic carbocycles. The van der Waals surface area contributed by atoms with Crippen molar-refractivity contribution >= 4 is 17.5 Å². The highest BCUT2D eigenvalue weighted by molar-refractivity contribution is 6.01. The topological polar surface area (TPSA) is 112 Å². The number of aromatic nitrogens is 3. The first-order chi connectivity index (χ1) is 13.9. The third kappa shape index (κ3) is 3.31. The zero-order valence-corrected chi connectivity index (χ0v) is 15.4. The number of methoxy groups -OCH3 is 1. The Hall–Kier alpha value is -3.40. The van der Waals surface area contributed by atoms with Gasteiger partial charge in [0.15, 0.2) is 5.65 Å². The summed E-state index contributed by atoms with van der Waals surface area (Å²) in [5.74, 6) is -2.49. The first kappa shape index (κ1) is 18.9. The van der Waals surface area contributed by atoms with Gasteiger partial charge in [-0.15, -0.1) is 0 Å². The predicted octanol–water partition coefficient (Wildman–Crippen LogP) is 1.15. The molecule has 4 rings (SSSR count). The molecule has 3 N–H and O–H groups in total. The lowest BCUT2D eigenvalue weighted by Crippen LogP contribution is -2.36. The maximum absolute atomic E-state index is 14.0. The Morgan fingerprint density at radius 1 is 1.34 bits per heavy atom. The normalized spacial score (nSPS) is 15.5. The Bertz CT molecular complexity index is 1140. The van der Waals surface area contributed by atoms with Crippen LogP contribution in [0, 0.1) is 11.6 Å². The Balaban J connectivity index is 1.64. The summed E-state index contributed by atoms with van der Waals surface area (Å²) < 4.78 is 33.6. The molecule has 2 amide bonds. The van der Waals surface area contributed by atoms with E-state index >= 15 is 0 Å². The molecule has 150 valence electrons. The lowest BCUT2D eigenvalue weighted by Gasteiger charge is -2.12. The van der Waals surface area contributed by atoms with Crippen molar-refractivity contribution in [3.63, 3.8) is 0 Å². The van der Waals surface area contributed by atoms with Gasteiger partial charge >= 0.3 is 0 Å². The van der Waals surface area contributed by atoms with Crippen molar-refractivity contribution in [1.82, 2.24) is 19.9 Å². The van der Waals surface area contributed by atoms with Crippen molar-refractivity contribution in [3.8, 4) is 0 Å². The molecule has 2 aromatic heterocycles. The van der Waals surface area contributed by atoms with E-state index in [1.54, 1.807) is 0 Å². The first-order valence-corrected chi connectivity index (χ1v) is 8.82. The van der Waals surface area contributed by atoms with Crippen LogP contribution in [0.1, 0.15) is 37.7 Å². The number of nitrogens with zero attached hydrogens (tertiary/aromatic N) is 3. The summed E-state index contributed by atoms with van der Waals surface area (Å²) in [4.78, 5) is 28.8. The fourth-order valence-electron chi connectivity index (χ4n) is 3.66. The fourth-order valence-corrected chi connectivity index (χ4v) is 3.66. The van der Waals surface area contributed by atoms with Crippen LogP contribution in [0.3, 0.4) is 0 Å². The monoisotopic (exact) mass is 401 g/mol. The lowest BCUT2D eigenvalue weighted by atomic mass is 10.1. The summed E-state index contributed by atoms with van der Waals surface area (Å²) in [7, 11) is 1.44. The third-order valence-electron chi connectivity index (χ3n) is 4.86. The van der Waals surface area contributed by atoms with Crippen molar-refractivity contribution in [2.24, 2.45) is 5.73 Å². The number of amides is 2. The molecule has 3 aromatic rings. The minimum absolute atomic E-state index is 0.0193. The van der Waals surface area contributed by atoms with Crippen molar-refractivity contribution in [2.45, 2.75) is 25.5 Å². The van der Waals surface area contributed by atoms with Gasteiger partial charge in [-0.1, -0.05) is 0 Å². The van der Waals surface area contributed by atoms with E-state index in [0.717, 1.165) is 6.07 Å². The largest absolute Gasteiger partial charge is 0.378 e. The molecule has 0 radical (unpaired) electrons. The zero-order chi connectivity index (χ0) is 20.7. The van der Waals surface area contributed by atoms with E-state index in [9.17, 15) is 18.4 Å². The van der Waals surface area contributed by atoms with Crippen molar-refractivity contribution in [2.75, 3.05) is 7.11 Å². The van der Waals surface area contributed by atoms with Crippen molar-refractivity contribution in [1.29, 1.82) is 0 Å². The van der Waals surface area contributed by atoms with Crippen LogP contribution in [-0.2, 0) is 24.2 Å². The summed E-state index contributed by atoms with van der Waals surface area (Å²) in [5, 5.41) is 7.05. The second kappa shape index (κ2) is 7.21. The number of halogens is 2. The quantitative estimate of drug-likeness (QED) is 0.666. The third-order valence-corrected chi connectivity index (χ3v) is 4.86. The molecule has 0 saturated heterocycles. The van der Waals surface area contributed by atoms with E-state index < -0.39 is 29.5 Å². The van der Waals surface area contributed by atoms with Gasteiger partial charge < -0.3 is 15.8 Å². The van der Waals surface area contributed by atoms with Crippen LogP contribution in [0.5, 0.6) is 0 Å². The molecule has 0 bridgehead atoms. The van der Waals surface area contributed by atoms with E-state index in [2.05, 4.69) is 15.4 Å². The van der Waals surface area contributed by atoms with Crippen LogP contribution < -0.4 is 11.1 Å². The summed E-state index contributed by atoms with van der Waals surface area (Å²) in [6.07, 6.45) is 1.93. The van der Waals surface area contributed by atoms with Gasteiger partial charge in [0, 0.05) is 25.4 Å². The molecule has 0 spiro atoms. The highest BCUT2D eigenvalue weighted by atomic mass is 19.1. The van der Waals surface area contributed by atoms with Gasteiger partial charge in [-0.2, -0.15) is 5.10 Å². The molecule has 2 heterocycles. The van der Waals surface area contributed by atoms with E-state index in [1.807, 2.05) is 0 Å². The van der Waals surface area contributed by atoms with Crippen LogP contribution in [0.25, 0.3) is 5.65 Å². The van der Waals surface area contributed by atoms with E-state index in [1.165, 1.54) is 30.0 Å². The van der Waals surface area contributed by atoms with Gasteiger partial charge in [0.1, 0.15) is 28.6 Å².